The van der Waals surface area contributed by atoms with Gasteiger partial charge >= 0.3 is 0 Å². The number of para-hydroxylation sites is 1. The maximum absolute atomic E-state index is 13.2. The quantitative estimate of drug-likeness (QED) is 0.199. The number of halogens is 1. The number of rotatable bonds is 9. The Bertz CT molecular complexity index is 1310. The third-order valence-corrected chi connectivity index (χ3v) is 7.51. The second-order valence-electron chi connectivity index (χ2n) is 9.54. The van der Waals surface area contributed by atoms with E-state index in [0.717, 1.165) is 96.3 Å². The molecule has 5 rings (SSSR count). The second kappa shape index (κ2) is 11.8. The van der Waals surface area contributed by atoms with Gasteiger partial charge in [-0.25, -0.2) is 0 Å². The highest BCUT2D eigenvalue weighted by molar-refractivity contribution is 6.33. The zero-order valence-corrected chi connectivity index (χ0v) is 21.8. The summed E-state index contributed by atoms with van der Waals surface area (Å²) in [6.45, 7) is 9.26. The van der Waals surface area contributed by atoms with Crippen molar-refractivity contribution < 1.29 is 9.53 Å². The first-order valence-corrected chi connectivity index (χ1v) is 13.3. The van der Waals surface area contributed by atoms with Crippen LogP contribution in [0.4, 0.5) is 5.69 Å². The van der Waals surface area contributed by atoms with Gasteiger partial charge in [0.05, 0.1) is 17.3 Å². The van der Waals surface area contributed by atoms with Gasteiger partial charge in [0.25, 0.3) is 0 Å². The predicted octanol–water partition coefficient (Wildman–Crippen LogP) is 6.13. The van der Waals surface area contributed by atoms with Gasteiger partial charge in [-0.15, -0.1) is 0 Å². The smallest absolute Gasteiger partial charge is 0.193 e. The second-order valence-corrected chi connectivity index (χ2v) is 9.94. The number of carbonyl (C=O) groups excluding carboxylic acids is 1. The Morgan fingerprint density at radius 1 is 0.973 bits per heavy atom. The zero-order valence-electron chi connectivity index (χ0n) is 21.0. The third-order valence-electron chi connectivity index (χ3n) is 7.19. The lowest BCUT2D eigenvalue weighted by molar-refractivity contribution is 0.103. The molecule has 190 valence electrons. The Labute approximate surface area is 224 Å². The van der Waals surface area contributed by atoms with Crippen LogP contribution in [0.1, 0.15) is 45.5 Å². The maximum Gasteiger partial charge on any atom is 0.193 e. The molecule has 37 heavy (non-hydrogen) atoms. The van der Waals surface area contributed by atoms with Crippen LogP contribution in [0.15, 0.2) is 71.9 Å². The van der Waals surface area contributed by atoms with Gasteiger partial charge in [0.15, 0.2) is 5.78 Å². The van der Waals surface area contributed by atoms with Gasteiger partial charge in [-0.3, -0.25) is 14.7 Å². The molecule has 0 aromatic heterocycles. The van der Waals surface area contributed by atoms with E-state index in [-0.39, 0.29) is 5.78 Å². The van der Waals surface area contributed by atoms with Crippen molar-refractivity contribution in [2.45, 2.75) is 19.3 Å². The van der Waals surface area contributed by atoms with Crippen molar-refractivity contribution in [1.29, 1.82) is 0 Å². The van der Waals surface area contributed by atoms with Gasteiger partial charge in [0.1, 0.15) is 5.75 Å². The maximum atomic E-state index is 13.2. The molecule has 2 aliphatic rings. The van der Waals surface area contributed by atoms with E-state index in [9.17, 15) is 4.79 Å². The number of nitrogens with zero attached hydrogens (tertiary/aromatic N) is 3. The molecule has 0 atom stereocenters. The van der Waals surface area contributed by atoms with E-state index in [2.05, 4.69) is 27.6 Å². The molecule has 3 aromatic carbocycles. The van der Waals surface area contributed by atoms with Crippen LogP contribution < -0.4 is 9.64 Å². The van der Waals surface area contributed by atoms with Gasteiger partial charge in [-0.1, -0.05) is 48.0 Å². The minimum Gasteiger partial charge on any atom is -0.494 e. The number of ketones is 1. The SMILES string of the molecule is C=N/C=C\c1cc(OCCCCN2CCN(c3ccccc3Cl)CC2)cc2c1Cc1ccccc1C2=O. The molecule has 0 amide bonds. The van der Waals surface area contributed by atoms with E-state index in [1.54, 1.807) is 6.20 Å². The fourth-order valence-electron chi connectivity index (χ4n) is 5.21. The highest BCUT2D eigenvalue weighted by atomic mass is 35.5. The summed E-state index contributed by atoms with van der Waals surface area (Å²) in [5.74, 6) is 0.781. The van der Waals surface area contributed by atoms with Crippen molar-refractivity contribution in [2.75, 3.05) is 44.2 Å². The molecule has 3 aromatic rings. The molecule has 0 saturated carbocycles. The first kappa shape index (κ1) is 25.2. The fraction of sp³-hybridized carbons (Fsp3) is 0.290. The average molecular weight is 514 g/mol. The molecule has 0 N–H and O–H groups in total. The Morgan fingerprint density at radius 2 is 1.76 bits per heavy atom. The fourth-order valence-corrected chi connectivity index (χ4v) is 5.47. The molecule has 5 nitrogen and oxygen atoms in total. The van der Waals surface area contributed by atoms with Crippen LogP contribution in [0.25, 0.3) is 6.08 Å². The summed E-state index contributed by atoms with van der Waals surface area (Å²) in [6.07, 6.45) is 6.31. The molecule has 1 aliphatic carbocycles. The van der Waals surface area contributed by atoms with Crippen LogP contribution in [0, 0.1) is 0 Å². The first-order valence-electron chi connectivity index (χ1n) is 12.9. The van der Waals surface area contributed by atoms with E-state index >= 15 is 0 Å². The lowest BCUT2D eigenvalue weighted by Gasteiger charge is -2.36. The Morgan fingerprint density at radius 3 is 2.57 bits per heavy atom. The molecular weight excluding hydrogens is 482 g/mol. The number of aliphatic imine (C=N–C) groups is 1. The van der Waals surface area contributed by atoms with Crippen LogP contribution in [0.2, 0.25) is 5.02 Å². The molecule has 0 spiro atoms. The van der Waals surface area contributed by atoms with E-state index in [4.69, 9.17) is 16.3 Å². The van der Waals surface area contributed by atoms with Crippen LogP contribution in [-0.4, -0.2) is 56.7 Å². The van der Waals surface area contributed by atoms with Gasteiger partial charge in [0, 0.05) is 43.5 Å². The molecule has 0 radical (unpaired) electrons. The average Bonchev–Trinajstić information content (AvgIpc) is 2.93. The van der Waals surface area contributed by atoms with Crippen molar-refractivity contribution in [2.24, 2.45) is 4.99 Å². The lowest BCUT2D eigenvalue weighted by Crippen LogP contribution is -2.46. The van der Waals surface area contributed by atoms with Gasteiger partial charge in [-0.2, -0.15) is 0 Å². The summed E-state index contributed by atoms with van der Waals surface area (Å²) in [5.41, 5.74) is 5.66. The number of anilines is 1. The Kier molecular flexibility index (Phi) is 8.02. The molecule has 1 heterocycles. The van der Waals surface area contributed by atoms with Crippen molar-refractivity contribution in [3.05, 3.63) is 99.7 Å². The first-order chi connectivity index (χ1) is 18.1. The third kappa shape index (κ3) is 5.79. The van der Waals surface area contributed by atoms with Gasteiger partial charge in [0.2, 0.25) is 0 Å². The van der Waals surface area contributed by atoms with Gasteiger partial charge in [-0.05, 0) is 79.6 Å². The minimum absolute atomic E-state index is 0.0550. The summed E-state index contributed by atoms with van der Waals surface area (Å²) in [4.78, 5) is 22.0. The molecule has 6 heteroatoms. The Hall–Kier alpha value is -3.41. The number of ether oxygens (including phenoxy) is 1. The van der Waals surface area contributed by atoms with Crippen molar-refractivity contribution >= 4 is 35.9 Å². The summed E-state index contributed by atoms with van der Waals surface area (Å²) >= 11 is 6.37. The Balaban J connectivity index is 1.14. The highest BCUT2D eigenvalue weighted by Gasteiger charge is 2.25. The molecule has 0 unspecified atom stereocenters. The molecular formula is C31H32ClN3O2. The molecule has 1 fully saturated rings. The monoisotopic (exact) mass is 513 g/mol. The van der Waals surface area contributed by atoms with Crippen molar-refractivity contribution in [3.8, 4) is 5.75 Å². The molecule has 0 bridgehead atoms. The molecule has 1 aliphatic heterocycles. The van der Waals surface area contributed by atoms with Crippen molar-refractivity contribution in [1.82, 2.24) is 4.90 Å². The highest BCUT2D eigenvalue weighted by Crippen LogP contribution is 2.33. The summed E-state index contributed by atoms with van der Waals surface area (Å²) < 4.78 is 6.13. The largest absolute Gasteiger partial charge is 0.494 e. The topological polar surface area (TPSA) is 45.1 Å². The zero-order chi connectivity index (χ0) is 25.6. The van der Waals surface area contributed by atoms with Crippen LogP contribution in [-0.2, 0) is 6.42 Å². The number of hydrogen-bond acceptors (Lipinski definition) is 5. The normalized spacial score (nSPS) is 15.5. The van der Waals surface area contributed by atoms with E-state index in [1.807, 2.05) is 60.7 Å². The summed E-state index contributed by atoms with van der Waals surface area (Å²) in [6, 6.07) is 19.8. The minimum atomic E-state index is 0.0550. The number of benzene rings is 3. The van der Waals surface area contributed by atoms with Crippen LogP contribution >= 0.6 is 11.6 Å². The molecule has 1 saturated heterocycles. The summed E-state index contributed by atoms with van der Waals surface area (Å²) in [5, 5.41) is 0.820. The number of hydrogen-bond donors (Lipinski definition) is 0. The standard InChI is InChI=1S/C31H32ClN3O2/c1-33-13-12-24-20-25(22-28-27(24)21-23-8-2-3-9-26(23)31(28)36)37-19-7-6-14-34-15-17-35(18-16-34)30-11-5-4-10-29(30)32/h2-5,8-13,20,22H,1,6-7,14-19,21H2/b13-12-. The van der Waals surface area contributed by atoms with E-state index < -0.39 is 0 Å². The van der Waals surface area contributed by atoms with E-state index in [0.29, 0.717) is 6.61 Å². The van der Waals surface area contributed by atoms with Crippen LogP contribution in [0.5, 0.6) is 5.75 Å². The number of fused-ring (bicyclic) bond motifs is 2. The van der Waals surface area contributed by atoms with E-state index in [1.165, 1.54) is 0 Å². The summed E-state index contributed by atoms with van der Waals surface area (Å²) in [7, 11) is 0. The number of unbranched alkanes of at least 4 members (excludes halogenated alkanes) is 1. The predicted molar refractivity (Wildman–Crippen MR) is 153 cm³/mol. The number of piperazine rings is 1. The van der Waals surface area contributed by atoms with Crippen LogP contribution in [0.3, 0.4) is 0 Å². The lowest BCUT2D eigenvalue weighted by atomic mass is 9.82. The van der Waals surface area contributed by atoms with Gasteiger partial charge < -0.3 is 9.64 Å². The van der Waals surface area contributed by atoms with Crippen molar-refractivity contribution in [3.63, 3.8) is 0 Å². The number of carbonyl (C=O) groups is 1.